The van der Waals surface area contributed by atoms with Crippen LogP contribution in [0.25, 0.3) is 0 Å². The van der Waals surface area contributed by atoms with E-state index in [4.69, 9.17) is 4.74 Å². The van der Waals surface area contributed by atoms with Gasteiger partial charge in [0.2, 0.25) is 0 Å². The molecule has 2 heterocycles. The second-order valence-corrected chi connectivity index (χ2v) is 7.13. The van der Waals surface area contributed by atoms with Crippen molar-refractivity contribution in [2.75, 3.05) is 6.61 Å². The Labute approximate surface area is 112 Å². The molecule has 2 aliphatic heterocycles. The lowest BCUT2D eigenvalue weighted by molar-refractivity contribution is -0.199. The molecule has 0 amide bonds. The molecule has 0 radical (unpaired) electrons. The zero-order valence-electron chi connectivity index (χ0n) is 10.5. The number of hydrogen-bond acceptors (Lipinski definition) is 1. The van der Waals surface area contributed by atoms with Gasteiger partial charge in [-0.15, -0.1) is 0 Å². The van der Waals surface area contributed by atoms with Crippen LogP contribution < -0.4 is 0 Å². The van der Waals surface area contributed by atoms with Gasteiger partial charge in [0.25, 0.3) is 0 Å². The molecular weight excluding hydrogens is 276 g/mol. The van der Waals surface area contributed by atoms with Gasteiger partial charge in [-0.1, -0.05) is 41.9 Å². The predicted molar refractivity (Wildman–Crippen MR) is 72.9 cm³/mol. The van der Waals surface area contributed by atoms with E-state index in [1.807, 2.05) is 0 Å². The molecule has 2 heteroatoms. The molecule has 2 unspecified atom stereocenters. The summed E-state index contributed by atoms with van der Waals surface area (Å²) in [6.07, 6.45) is 3.65. The minimum Gasteiger partial charge on any atom is -0.370 e. The molecule has 3 aliphatic rings. The summed E-state index contributed by atoms with van der Waals surface area (Å²) >= 11 is 3.50. The first-order valence-electron chi connectivity index (χ1n) is 6.42. The van der Waals surface area contributed by atoms with Crippen LogP contribution in [0.5, 0.6) is 0 Å². The van der Waals surface area contributed by atoms with E-state index in [9.17, 15) is 0 Å². The predicted octanol–water partition coefficient (Wildman–Crippen LogP) is 4.50. The van der Waals surface area contributed by atoms with Crippen LogP contribution in [0.2, 0.25) is 0 Å². The van der Waals surface area contributed by atoms with Crippen molar-refractivity contribution < 1.29 is 4.74 Å². The van der Waals surface area contributed by atoms with Gasteiger partial charge >= 0.3 is 0 Å². The summed E-state index contributed by atoms with van der Waals surface area (Å²) in [4.78, 5) is 0. The van der Waals surface area contributed by atoms with E-state index in [1.165, 1.54) is 18.4 Å². The Kier molecular flexibility index (Phi) is 2.64. The summed E-state index contributed by atoms with van der Waals surface area (Å²) in [5.41, 5.74) is 1.76. The molecule has 0 N–H and O–H groups in total. The number of ether oxygens (including phenoxy) is 1. The largest absolute Gasteiger partial charge is 0.370 e. The maximum absolute atomic E-state index is 6.21. The molecule has 1 aliphatic carbocycles. The fourth-order valence-electron chi connectivity index (χ4n) is 3.54. The summed E-state index contributed by atoms with van der Waals surface area (Å²) in [5, 5.41) is 0. The van der Waals surface area contributed by atoms with E-state index < -0.39 is 0 Å². The molecule has 2 bridgehead atoms. The maximum Gasteiger partial charge on any atom is 0.0936 e. The average molecular weight is 295 g/mol. The Hall–Kier alpha value is -0.340. The molecule has 1 aromatic rings. The fraction of sp³-hybridized carbons (Fsp3) is 0.600. The normalized spacial score (nSPS) is 34.9. The molecule has 17 heavy (non-hydrogen) atoms. The van der Waals surface area contributed by atoms with Gasteiger partial charge in [-0.2, -0.15) is 0 Å². The van der Waals surface area contributed by atoms with E-state index >= 15 is 0 Å². The van der Waals surface area contributed by atoms with Crippen molar-refractivity contribution in [1.82, 2.24) is 0 Å². The van der Waals surface area contributed by atoms with Gasteiger partial charge < -0.3 is 4.74 Å². The van der Waals surface area contributed by atoms with Gasteiger partial charge in [0, 0.05) is 4.47 Å². The van der Waals surface area contributed by atoms with E-state index in [2.05, 4.69) is 54.0 Å². The Bertz CT molecular complexity index is 413. The lowest BCUT2D eigenvalue weighted by atomic mass is 9.60. The number of halogens is 1. The molecule has 2 saturated heterocycles. The van der Waals surface area contributed by atoms with Crippen molar-refractivity contribution in [2.45, 2.75) is 38.7 Å². The zero-order chi connectivity index (χ0) is 12.1. The van der Waals surface area contributed by atoms with Crippen LogP contribution in [0.1, 0.15) is 38.7 Å². The highest BCUT2D eigenvalue weighted by atomic mass is 79.9. The van der Waals surface area contributed by atoms with Crippen molar-refractivity contribution in [3.8, 4) is 0 Å². The minimum atomic E-state index is -0.0149. The van der Waals surface area contributed by atoms with Crippen LogP contribution in [0, 0.1) is 11.3 Å². The fourth-order valence-corrected chi connectivity index (χ4v) is 3.81. The topological polar surface area (TPSA) is 9.23 Å². The molecule has 1 saturated carbocycles. The second-order valence-electron chi connectivity index (χ2n) is 6.21. The molecule has 92 valence electrons. The lowest BCUT2D eigenvalue weighted by Gasteiger charge is -2.55. The first kappa shape index (κ1) is 11.7. The highest BCUT2D eigenvalue weighted by molar-refractivity contribution is 9.10. The summed E-state index contributed by atoms with van der Waals surface area (Å²) in [7, 11) is 0. The van der Waals surface area contributed by atoms with E-state index in [-0.39, 0.29) is 5.60 Å². The third-order valence-corrected chi connectivity index (χ3v) is 5.20. The Morgan fingerprint density at radius 2 is 1.94 bits per heavy atom. The highest BCUT2D eigenvalue weighted by Crippen LogP contribution is 2.55. The number of hydrogen-bond donors (Lipinski definition) is 0. The summed E-state index contributed by atoms with van der Waals surface area (Å²) in [6.45, 7) is 5.73. The highest BCUT2D eigenvalue weighted by Gasteiger charge is 2.51. The third kappa shape index (κ3) is 1.86. The number of benzene rings is 1. The van der Waals surface area contributed by atoms with Crippen LogP contribution in [0.15, 0.2) is 28.7 Å². The number of rotatable bonds is 1. The molecule has 0 aromatic heterocycles. The Balaban J connectivity index is 1.98. The van der Waals surface area contributed by atoms with Crippen molar-refractivity contribution in [1.29, 1.82) is 0 Å². The average Bonchev–Trinajstić information content (AvgIpc) is 2.29. The molecular formula is C15H19BrO. The number of fused-ring (bicyclic) bond motifs is 3. The van der Waals surface area contributed by atoms with Crippen molar-refractivity contribution in [2.24, 2.45) is 11.3 Å². The smallest absolute Gasteiger partial charge is 0.0936 e. The van der Waals surface area contributed by atoms with Gasteiger partial charge in [0.15, 0.2) is 0 Å². The van der Waals surface area contributed by atoms with Gasteiger partial charge in [-0.25, -0.2) is 0 Å². The van der Waals surface area contributed by atoms with Gasteiger partial charge in [0.05, 0.1) is 12.2 Å². The molecule has 1 aromatic carbocycles. The van der Waals surface area contributed by atoms with Crippen LogP contribution in [0.4, 0.5) is 0 Å². The first-order valence-corrected chi connectivity index (χ1v) is 7.21. The van der Waals surface area contributed by atoms with E-state index in [0.717, 1.165) is 23.4 Å². The second kappa shape index (κ2) is 3.83. The van der Waals surface area contributed by atoms with Gasteiger partial charge in [-0.05, 0) is 48.3 Å². The quantitative estimate of drug-likeness (QED) is 0.741. The zero-order valence-corrected chi connectivity index (χ0v) is 12.1. The van der Waals surface area contributed by atoms with Crippen molar-refractivity contribution in [3.05, 3.63) is 34.3 Å². The van der Waals surface area contributed by atoms with Crippen molar-refractivity contribution in [3.63, 3.8) is 0 Å². The van der Waals surface area contributed by atoms with Crippen LogP contribution in [0.3, 0.4) is 0 Å². The standard InChI is InChI=1S/C15H19BrO/c1-14(2)10-15(8-7-12(14)9-17-15)11-3-5-13(16)6-4-11/h3-6,12H,7-10H2,1-2H3. The monoisotopic (exact) mass is 294 g/mol. The molecule has 3 fully saturated rings. The molecule has 0 spiro atoms. The third-order valence-electron chi connectivity index (χ3n) is 4.67. The van der Waals surface area contributed by atoms with Crippen molar-refractivity contribution >= 4 is 15.9 Å². The van der Waals surface area contributed by atoms with Crippen LogP contribution in [-0.2, 0) is 10.3 Å². The van der Waals surface area contributed by atoms with E-state index in [1.54, 1.807) is 0 Å². The van der Waals surface area contributed by atoms with Crippen LogP contribution in [-0.4, -0.2) is 6.61 Å². The first-order chi connectivity index (χ1) is 8.02. The lowest BCUT2D eigenvalue weighted by Crippen LogP contribution is -2.51. The summed E-state index contributed by atoms with van der Waals surface area (Å²) in [6, 6.07) is 8.68. The van der Waals surface area contributed by atoms with Gasteiger partial charge in [0.1, 0.15) is 0 Å². The maximum atomic E-state index is 6.21. The Morgan fingerprint density at radius 1 is 1.24 bits per heavy atom. The Morgan fingerprint density at radius 3 is 2.47 bits per heavy atom. The summed E-state index contributed by atoms with van der Waals surface area (Å²) in [5.74, 6) is 0.750. The van der Waals surface area contributed by atoms with Gasteiger partial charge in [-0.3, -0.25) is 0 Å². The van der Waals surface area contributed by atoms with E-state index in [0.29, 0.717) is 5.41 Å². The van der Waals surface area contributed by atoms with Crippen LogP contribution >= 0.6 is 15.9 Å². The molecule has 4 rings (SSSR count). The minimum absolute atomic E-state index is 0.0149. The SMILES string of the molecule is CC1(C)CC2(c3ccc(Br)cc3)CCC1CO2. The molecule has 2 atom stereocenters. The summed E-state index contributed by atoms with van der Waals surface area (Å²) < 4.78 is 7.35. The molecule has 1 nitrogen and oxygen atoms in total.